The average molecular weight is 237 g/mol. The van der Waals surface area contributed by atoms with Crippen LogP contribution in [0, 0.1) is 6.92 Å². The zero-order valence-electron chi connectivity index (χ0n) is 11.2. The van der Waals surface area contributed by atoms with Crippen LogP contribution in [0.3, 0.4) is 0 Å². The lowest BCUT2D eigenvalue weighted by atomic mass is 10.1. The van der Waals surface area contributed by atoms with Gasteiger partial charge >= 0.3 is 0 Å². The Labute approximate surface area is 109 Å². The molecular weight excluding hydrogens is 218 g/mol. The molecule has 2 rings (SSSR count). The lowest BCUT2D eigenvalue weighted by Crippen LogP contribution is -2.14. The second kappa shape index (κ2) is 5.54. The van der Waals surface area contributed by atoms with Crippen molar-refractivity contribution in [3.05, 3.63) is 71.9 Å². The topological polar surface area (TPSA) is 3.24 Å². The number of hydrogen-bond donors (Lipinski definition) is 0. The molecule has 0 aliphatic heterocycles. The molecule has 0 saturated heterocycles. The standard InChI is InChI=1S/C17H19N/c1-4-15(3)18(16-10-6-5-7-11-16)17-12-8-9-14(2)13-17/h4-13H,1-3H3/b15-4+. The fourth-order valence-corrected chi connectivity index (χ4v) is 2.03. The molecule has 0 aliphatic rings. The first kappa shape index (κ1) is 12.4. The lowest BCUT2D eigenvalue weighted by molar-refractivity contribution is 1.14. The molecular formula is C17H19N. The van der Waals surface area contributed by atoms with E-state index in [1.54, 1.807) is 0 Å². The van der Waals surface area contributed by atoms with Crippen molar-refractivity contribution in [2.45, 2.75) is 20.8 Å². The fraction of sp³-hybridized carbons (Fsp3) is 0.176. The van der Waals surface area contributed by atoms with Crippen LogP contribution in [-0.4, -0.2) is 0 Å². The lowest BCUT2D eigenvalue weighted by Gasteiger charge is -2.26. The van der Waals surface area contributed by atoms with Gasteiger partial charge in [-0.3, -0.25) is 0 Å². The van der Waals surface area contributed by atoms with Gasteiger partial charge in [0.2, 0.25) is 0 Å². The Balaban J connectivity index is 2.51. The van der Waals surface area contributed by atoms with Gasteiger partial charge in [-0.15, -0.1) is 0 Å². The summed E-state index contributed by atoms with van der Waals surface area (Å²) in [5.41, 5.74) is 4.90. The third-order valence-electron chi connectivity index (χ3n) is 3.04. The highest BCUT2D eigenvalue weighted by molar-refractivity contribution is 5.68. The molecule has 1 nitrogen and oxygen atoms in total. The summed E-state index contributed by atoms with van der Waals surface area (Å²) in [7, 11) is 0. The molecule has 0 radical (unpaired) electrons. The molecule has 0 amide bonds. The zero-order chi connectivity index (χ0) is 13.0. The van der Waals surface area contributed by atoms with Crippen LogP contribution in [0.25, 0.3) is 0 Å². The monoisotopic (exact) mass is 237 g/mol. The third-order valence-corrected chi connectivity index (χ3v) is 3.04. The summed E-state index contributed by atoms with van der Waals surface area (Å²) in [6.45, 7) is 6.33. The molecule has 1 heteroatoms. The first-order valence-corrected chi connectivity index (χ1v) is 6.27. The Morgan fingerprint density at radius 3 is 2.22 bits per heavy atom. The van der Waals surface area contributed by atoms with Crippen LogP contribution in [0.5, 0.6) is 0 Å². The van der Waals surface area contributed by atoms with E-state index in [-0.39, 0.29) is 0 Å². The van der Waals surface area contributed by atoms with Crippen molar-refractivity contribution in [1.29, 1.82) is 0 Å². The van der Waals surface area contributed by atoms with E-state index in [1.165, 1.54) is 22.6 Å². The largest absolute Gasteiger partial charge is 0.315 e. The van der Waals surface area contributed by atoms with Crippen LogP contribution in [0.15, 0.2) is 66.4 Å². The van der Waals surface area contributed by atoms with Gasteiger partial charge in [-0.25, -0.2) is 0 Å². The van der Waals surface area contributed by atoms with Crippen LogP contribution in [0.1, 0.15) is 19.4 Å². The molecule has 0 bridgehead atoms. The van der Waals surface area contributed by atoms with Crippen molar-refractivity contribution in [2.75, 3.05) is 4.90 Å². The van der Waals surface area contributed by atoms with E-state index in [4.69, 9.17) is 0 Å². The van der Waals surface area contributed by atoms with Crippen LogP contribution >= 0.6 is 0 Å². The van der Waals surface area contributed by atoms with Crippen molar-refractivity contribution in [2.24, 2.45) is 0 Å². The van der Waals surface area contributed by atoms with Gasteiger partial charge in [0.05, 0.1) is 0 Å². The number of hydrogen-bond acceptors (Lipinski definition) is 1. The van der Waals surface area contributed by atoms with Gasteiger partial charge in [-0.05, 0) is 50.6 Å². The SMILES string of the molecule is C/C=C(\C)N(c1ccccc1)c1cccc(C)c1. The van der Waals surface area contributed by atoms with Crippen LogP contribution in [-0.2, 0) is 0 Å². The smallest absolute Gasteiger partial charge is 0.0460 e. The van der Waals surface area contributed by atoms with E-state index < -0.39 is 0 Å². The van der Waals surface area contributed by atoms with Crippen LogP contribution < -0.4 is 4.90 Å². The zero-order valence-corrected chi connectivity index (χ0v) is 11.2. The van der Waals surface area contributed by atoms with E-state index in [1.807, 2.05) is 6.07 Å². The predicted molar refractivity (Wildman–Crippen MR) is 79.2 cm³/mol. The van der Waals surface area contributed by atoms with E-state index >= 15 is 0 Å². The maximum absolute atomic E-state index is 2.27. The summed E-state index contributed by atoms with van der Waals surface area (Å²) in [6.07, 6.45) is 2.13. The minimum Gasteiger partial charge on any atom is -0.315 e. The molecule has 0 saturated carbocycles. The normalized spacial score (nSPS) is 11.4. The molecule has 0 fully saturated rings. The van der Waals surface area contributed by atoms with Gasteiger partial charge in [0.25, 0.3) is 0 Å². The van der Waals surface area contributed by atoms with E-state index in [9.17, 15) is 0 Å². The number of para-hydroxylation sites is 1. The first-order valence-electron chi connectivity index (χ1n) is 6.27. The Kier molecular flexibility index (Phi) is 3.83. The number of anilines is 2. The Hall–Kier alpha value is -2.02. The number of allylic oxidation sites excluding steroid dienone is 2. The molecule has 0 aromatic heterocycles. The maximum Gasteiger partial charge on any atom is 0.0460 e. The van der Waals surface area contributed by atoms with E-state index in [2.05, 4.69) is 80.3 Å². The van der Waals surface area contributed by atoms with Crippen LogP contribution in [0.2, 0.25) is 0 Å². The van der Waals surface area contributed by atoms with Crippen molar-refractivity contribution in [3.8, 4) is 0 Å². The third kappa shape index (κ3) is 2.62. The Morgan fingerprint density at radius 2 is 1.61 bits per heavy atom. The van der Waals surface area contributed by atoms with Crippen molar-refractivity contribution in [3.63, 3.8) is 0 Å². The van der Waals surface area contributed by atoms with Crippen LogP contribution in [0.4, 0.5) is 11.4 Å². The van der Waals surface area contributed by atoms with Gasteiger partial charge < -0.3 is 4.90 Å². The molecule has 0 N–H and O–H groups in total. The molecule has 0 aliphatic carbocycles. The fourth-order valence-electron chi connectivity index (χ4n) is 2.03. The highest BCUT2D eigenvalue weighted by atomic mass is 15.1. The molecule has 2 aromatic rings. The summed E-state index contributed by atoms with van der Waals surface area (Å²) in [4.78, 5) is 2.27. The van der Waals surface area contributed by atoms with Gasteiger partial charge in [0.1, 0.15) is 0 Å². The summed E-state index contributed by atoms with van der Waals surface area (Å²) >= 11 is 0. The molecule has 0 heterocycles. The quantitative estimate of drug-likeness (QED) is 0.721. The second-order valence-electron chi connectivity index (χ2n) is 4.44. The number of rotatable bonds is 3. The summed E-state index contributed by atoms with van der Waals surface area (Å²) in [5.74, 6) is 0. The van der Waals surface area contributed by atoms with Gasteiger partial charge in [0, 0.05) is 17.1 Å². The molecule has 0 unspecified atom stereocenters. The van der Waals surface area contributed by atoms with E-state index in [0.717, 1.165) is 0 Å². The summed E-state index contributed by atoms with van der Waals surface area (Å²) in [6, 6.07) is 19.0. The minimum absolute atomic E-state index is 1.19. The minimum atomic E-state index is 1.19. The van der Waals surface area contributed by atoms with Gasteiger partial charge in [0.15, 0.2) is 0 Å². The maximum atomic E-state index is 2.27. The molecule has 2 aromatic carbocycles. The first-order chi connectivity index (χ1) is 8.72. The molecule has 0 atom stereocenters. The highest BCUT2D eigenvalue weighted by Gasteiger charge is 2.10. The Bertz CT molecular complexity index is 541. The second-order valence-corrected chi connectivity index (χ2v) is 4.44. The molecule has 0 spiro atoms. The predicted octanol–water partition coefficient (Wildman–Crippen LogP) is 5.06. The van der Waals surface area contributed by atoms with Gasteiger partial charge in [-0.1, -0.05) is 36.4 Å². The van der Waals surface area contributed by atoms with Crippen molar-refractivity contribution in [1.82, 2.24) is 0 Å². The average Bonchev–Trinajstić information content (AvgIpc) is 2.40. The number of nitrogens with zero attached hydrogens (tertiary/aromatic N) is 1. The molecule has 92 valence electrons. The van der Waals surface area contributed by atoms with Gasteiger partial charge in [-0.2, -0.15) is 0 Å². The van der Waals surface area contributed by atoms with Crippen molar-refractivity contribution >= 4 is 11.4 Å². The number of aryl methyl sites for hydroxylation is 1. The van der Waals surface area contributed by atoms with E-state index in [0.29, 0.717) is 0 Å². The summed E-state index contributed by atoms with van der Waals surface area (Å²) < 4.78 is 0. The Morgan fingerprint density at radius 1 is 0.944 bits per heavy atom. The summed E-state index contributed by atoms with van der Waals surface area (Å²) in [5, 5.41) is 0. The molecule has 18 heavy (non-hydrogen) atoms. The van der Waals surface area contributed by atoms with Crippen molar-refractivity contribution < 1.29 is 0 Å². The highest BCUT2D eigenvalue weighted by Crippen LogP contribution is 2.29. The number of benzene rings is 2.